The van der Waals surface area contributed by atoms with Gasteiger partial charge >= 0.3 is 0 Å². The van der Waals surface area contributed by atoms with Gasteiger partial charge in [0.25, 0.3) is 0 Å². The zero-order valence-electron chi connectivity index (χ0n) is 11.2. The molecule has 0 saturated heterocycles. The third-order valence-electron chi connectivity index (χ3n) is 3.52. The molecule has 2 rings (SSSR count). The van der Waals surface area contributed by atoms with Crippen LogP contribution in [0.15, 0.2) is 54.6 Å². The molecule has 0 aliphatic rings. The highest BCUT2D eigenvalue weighted by molar-refractivity contribution is 5.25. The van der Waals surface area contributed by atoms with Crippen LogP contribution < -0.4 is 0 Å². The van der Waals surface area contributed by atoms with Gasteiger partial charge in [-0.3, -0.25) is 0 Å². The van der Waals surface area contributed by atoms with Gasteiger partial charge in [-0.15, -0.1) is 0 Å². The Labute approximate surface area is 111 Å². The van der Waals surface area contributed by atoms with Crippen molar-refractivity contribution in [2.75, 3.05) is 0 Å². The minimum Gasteiger partial charge on any atom is -0.0622 e. The van der Waals surface area contributed by atoms with Crippen LogP contribution in [0, 0.1) is 6.92 Å². The summed E-state index contributed by atoms with van der Waals surface area (Å²) in [4.78, 5) is 0. The number of hydrogen-bond acceptors (Lipinski definition) is 0. The molecule has 0 radical (unpaired) electrons. The maximum Gasteiger partial charge on any atom is -0.0276 e. The van der Waals surface area contributed by atoms with Gasteiger partial charge in [-0.2, -0.15) is 0 Å². The summed E-state index contributed by atoms with van der Waals surface area (Å²) in [7, 11) is 0. The molecule has 2 aromatic carbocycles. The van der Waals surface area contributed by atoms with Crippen molar-refractivity contribution in [2.24, 2.45) is 0 Å². The summed E-state index contributed by atoms with van der Waals surface area (Å²) in [5.74, 6) is 0. The Kier molecular flexibility index (Phi) is 5.01. The van der Waals surface area contributed by atoms with Gasteiger partial charge in [-0.1, -0.05) is 61.0 Å². The van der Waals surface area contributed by atoms with Gasteiger partial charge in [0.05, 0.1) is 0 Å². The normalized spacial score (nSPS) is 10.5. The first-order valence-electron chi connectivity index (χ1n) is 6.95. The van der Waals surface area contributed by atoms with Crippen LogP contribution in [0.4, 0.5) is 0 Å². The van der Waals surface area contributed by atoms with Crippen LogP contribution in [0.1, 0.15) is 36.0 Å². The highest BCUT2D eigenvalue weighted by atomic mass is 14.0. The topological polar surface area (TPSA) is 0 Å². The first-order chi connectivity index (χ1) is 8.86. The maximum atomic E-state index is 2.26. The van der Waals surface area contributed by atoms with E-state index in [0.717, 1.165) is 0 Å². The summed E-state index contributed by atoms with van der Waals surface area (Å²) in [6.45, 7) is 2.21. The molecule has 18 heavy (non-hydrogen) atoms. The van der Waals surface area contributed by atoms with Gasteiger partial charge in [0.2, 0.25) is 0 Å². The van der Waals surface area contributed by atoms with Crippen molar-refractivity contribution in [1.82, 2.24) is 0 Å². The third-order valence-corrected chi connectivity index (χ3v) is 3.52. The molecule has 0 aliphatic heterocycles. The third kappa shape index (κ3) is 4.03. The molecule has 0 spiro atoms. The van der Waals surface area contributed by atoms with Crippen LogP contribution >= 0.6 is 0 Å². The first-order valence-corrected chi connectivity index (χ1v) is 6.95. The Hall–Kier alpha value is -1.56. The highest BCUT2D eigenvalue weighted by Gasteiger charge is 1.97. The van der Waals surface area contributed by atoms with Gasteiger partial charge in [0.1, 0.15) is 0 Å². The van der Waals surface area contributed by atoms with Crippen molar-refractivity contribution < 1.29 is 0 Å². The lowest BCUT2D eigenvalue weighted by molar-refractivity contribution is 0.677. The molecule has 94 valence electrons. The van der Waals surface area contributed by atoms with Gasteiger partial charge in [-0.25, -0.2) is 0 Å². The number of aryl methyl sites for hydroxylation is 3. The molecule has 2 aromatic rings. The Morgan fingerprint density at radius 2 is 1.33 bits per heavy atom. The van der Waals surface area contributed by atoms with Crippen LogP contribution in [0.3, 0.4) is 0 Å². The van der Waals surface area contributed by atoms with Crippen LogP contribution in [0.25, 0.3) is 0 Å². The van der Waals surface area contributed by atoms with Crippen molar-refractivity contribution in [3.05, 3.63) is 71.3 Å². The van der Waals surface area contributed by atoms with E-state index in [1.165, 1.54) is 48.8 Å². The lowest BCUT2D eigenvalue weighted by Crippen LogP contribution is -1.91. The summed E-state index contributed by atoms with van der Waals surface area (Å²) in [6, 6.07) is 19.5. The van der Waals surface area contributed by atoms with E-state index in [1.54, 1.807) is 0 Å². The second-order valence-electron chi connectivity index (χ2n) is 4.97. The average molecular weight is 238 g/mol. The number of hydrogen-bond donors (Lipinski definition) is 0. The molecule has 0 aromatic heterocycles. The summed E-state index contributed by atoms with van der Waals surface area (Å²) in [5.41, 5.74) is 4.41. The van der Waals surface area contributed by atoms with Crippen molar-refractivity contribution in [3.8, 4) is 0 Å². The Balaban J connectivity index is 1.66. The van der Waals surface area contributed by atoms with E-state index in [1.807, 2.05) is 0 Å². The van der Waals surface area contributed by atoms with Gasteiger partial charge in [0, 0.05) is 0 Å². The fourth-order valence-electron chi connectivity index (χ4n) is 2.36. The van der Waals surface area contributed by atoms with Crippen LogP contribution in [-0.4, -0.2) is 0 Å². The van der Waals surface area contributed by atoms with Gasteiger partial charge < -0.3 is 0 Å². The zero-order valence-corrected chi connectivity index (χ0v) is 11.2. The molecular weight excluding hydrogens is 216 g/mol. The van der Waals surface area contributed by atoms with Crippen molar-refractivity contribution >= 4 is 0 Å². The molecule has 0 bridgehead atoms. The lowest BCUT2D eigenvalue weighted by atomic mass is 10.0. The van der Waals surface area contributed by atoms with Crippen LogP contribution in [0.5, 0.6) is 0 Å². The van der Waals surface area contributed by atoms with Crippen molar-refractivity contribution in [3.63, 3.8) is 0 Å². The molecule has 0 unspecified atom stereocenters. The summed E-state index contributed by atoms with van der Waals surface area (Å²) >= 11 is 0. The minimum atomic E-state index is 1.22. The average Bonchev–Trinajstić information content (AvgIpc) is 2.42. The van der Waals surface area contributed by atoms with Crippen LogP contribution in [0.2, 0.25) is 0 Å². The number of rotatable bonds is 6. The monoisotopic (exact) mass is 238 g/mol. The predicted octanol–water partition coefficient (Wildman–Crippen LogP) is 4.95. The smallest absolute Gasteiger partial charge is 0.0276 e. The molecule has 0 heteroatoms. The van der Waals surface area contributed by atoms with E-state index in [4.69, 9.17) is 0 Å². The Morgan fingerprint density at radius 3 is 2.11 bits per heavy atom. The van der Waals surface area contributed by atoms with E-state index in [9.17, 15) is 0 Å². The molecule has 0 saturated carbocycles. The minimum absolute atomic E-state index is 1.22. The van der Waals surface area contributed by atoms with Gasteiger partial charge in [0.15, 0.2) is 0 Å². The number of benzene rings is 2. The summed E-state index contributed by atoms with van der Waals surface area (Å²) in [5, 5.41) is 0. The van der Waals surface area contributed by atoms with Crippen molar-refractivity contribution in [1.29, 1.82) is 0 Å². The largest absolute Gasteiger partial charge is 0.0622 e. The van der Waals surface area contributed by atoms with E-state index >= 15 is 0 Å². The second-order valence-corrected chi connectivity index (χ2v) is 4.97. The van der Waals surface area contributed by atoms with E-state index in [2.05, 4.69) is 61.5 Å². The Bertz CT molecular complexity index is 456. The molecule has 0 N–H and O–H groups in total. The van der Waals surface area contributed by atoms with E-state index in [0.29, 0.717) is 0 Å². The zero-order chi connectivity index (χ0) is 12.6. The fourth-order valence-corrected chi connectivity index (χ4v) is 2.36. The molecule has 0 nitrogen and oxygen atoms in total. The molecule has 0 aliphatic carbocycles. The predicted molar refractivity (Wildman–Crippen MR) is 78.9 cm³/mol. The van der Waals surface area contributed by atoms with Crippen LogP contribution in [-0.2, 0) is 12.8 Å². The van der Waals surface area contributed by atoms with E-state index in [-0.39, 0.29) is 0 Å². The quantitative estimate of drug-likeness (QED) is 0.625. The Morgan fingerprint density at radius 1 is 0.667 bits per heavy atom. The summed E-state index contributed by atoms with van der Waals surface area (Å²) in [6.07, 6.45) is 6.37. The SMILES string of the molecule is Cc1ccccc1CCCCCc1ccccc1. The molecular formula is C18H22. The lowest BCUT2D eigenvalue weighted by Gasteiger charge is -2.05. The standard InChI is InChI=1S/C18H22/c1-16-10-8-9-15-18(16)14-7-3-6-13-17-11-4-2-5-12-17/h2,4-5,8-12,15H,3,6-7,13-14H2,1H3. The second kappa shape index (κ2) is 7.00. The fraction of sp³-hybridized carbons (Fsp3) is 0.333. The molecule has 0 fully saturated rings. The van der Waals surface area contributed by atoms with E-state index < -0.39 is 0 Å². The molecule has 0 heterocycles. The van der Waals surface area contributed by atoms with Crippen molar-refractivity contribution in [2.45, 2.75) is 39.0 Å². The summed E-state index contributed by atoms with van der Waals surface area (Å²) < 4.78 is 0. The van der Waals surface area contributed by atoms with Gasteiger partial charge in [-0.05, 0) is 49.3 Å². The number of unbranched alkanes of at least 4 members (excludes halogenated alkanes) is 2. The maximum absolute atomic E-state index is 2.26. The first kappa shape index (κ1) is 12.9. The highest BCUT2D eigenvalue weighted by Crippen LogP contribution is 2.12. The molecule has 0 atom stereocenters. The molecule has 0 amide bonds.